The molecule has 0 amide bonds. The molecule has 0 aliphatic heterocycles. The van der Waals surface area contributed by atoms with E-state index in [0.717, 1.165) is 24.5 Å². The van der Waals surface area contributed by atoms with E-state index in [1.165, 1.54) is 18.2 Å². The van der Waals surface area contributed by atoms with Crippen molar-refractivity contribution in [3.8, 4) is 0 Å². The molecule has 2 aromatic rings. The van der Waals surface area contributed by atoms with E-state index in [0.29, 0.717) is 24.1 Å². The van der Waals surface area contributed by atoms with E-state index in [1.807, 2.05) is 0 Å². The molecule has 0 spiro atoms. The molecule has 1 aliphatic carbocycles. The van der Waals surface area contributed by atoms with Gasteiger partial charge in [-0.05, 0) is 36.6 Å². The molecule has 0 unspecified atom stereocenters. The predicted octanol–water partition coefficient (Wildman–Crippen LogP) is 4.16. The van der Waals surface area contributed by atoms with Gasteiger partial charge in [0.1, 0.15) is 4.90 Å². The Morgan fingerprint density at radius 1 is 1.18 bits per heavy atom. The first-order chi connectivity index (χ1) is 12.9. The monoisotopic (exact) mass is 414 g/mol. The lowest BCUT2D eigenvalue weighted by molar-refractivity contribution is -0.387. The number of nitrogens with zero attached hydrogens (tertiary/aromatic N) is 1. The Balaban J connectivity index is 1.84. The van der Waals surface area contributed by atoms with Gasteiger partial charge in [-0.3, -0.25) is 10.1 Å². The number of sulfone groups is 1. The Morgan fingerprint density at radius 2 is 1.86 bits per heavy atom. The van der Waals surface area contributed by atoms with Crippen LogP contribution >= 0.6 is 0 Å². The molecule has 0 radical (unpaired) electrons. The maximum atomic E-state index is 13.0. The number of nitro benzene ring substituents is 1. The van der Waals surface area contributed by atoms with E-state index in [-0.39, 0.29) is 6.54 Å². The van der Waals surface area contributed by atoms with Gasteiger partial charge in [-0.2, -0.15) is 13.2 Å². The highest BCUT2D eigenvalue weighted by atomic mass is 32.2. The van der Waals surface area contributed by atoms with Crippen molar-refractivity contribution in [3.05, 3.63) is 63.7 Å². The quantitative estimate of drug-likeness (QED) is 0.566. The summed E-state index contributed by atoms with van der Waals surface area (Å²) in [7, 11) is -3.82. The number of nitro groups is 1. The van der Waals surface area contributed by atoms with Gasteiger partial charge in [0.05, 0.1) is 10.5 Å². The molecule has 10 heteroatoms. The van der Waals surface area contributed by atoms with Gasteiger partial charge < -0.3 is 5.32 Å². The molecule has 3 rings (SSSR count). The van der Waals surface area contributed by atoms with Crippen LogP contribution in [0.3, 0.4) is 0 Å². The molecule has 150 valence electrons. The average Bonchev–Trinajstić information content (AvgIpc) is 3.39. The van der Waals surface area contributed by atoms with Crippen LogP contribution in [0.25, 0.3) is 0 Å². The highest BCUT2D eigenvalue weighted by molar-refractivity contribution is 7.90. The first kappa shape index (κ1) is 20.1. The third-order valence-corrected chi connectivity index (χ3v) is 5.97. The SMILES string of the molecule is CS(=O)(=O)c1cc(NCC2(c3cccc(C(F)(F)F)c3)CC2)ccc1[N+](=O)[O-]. The zero-order valence-corrected chi connectivity index (χ0v) is 15.6. The molecular weight excluding hydrogens is 397 g/mol. The summed E-state index contributed by atoms with van der Waals surface area (Å²) in [5, 5.41) is 14.0. The van der Waals surface area contributed by atoms with Crippen molar-refractivity contribution >= 4 is 21.2 Å². The van der Waals surface area contributed by atoms with Gasteiger partial charge in [0, 0.05) is 30.0 Å². The Labute approximate surface area is 159 Å². The van der Waals surface area contributed by atoms with E-state index < -0.39 is 42.5 Å². The van der Waals surface area contributed by atoms with Gasteiger partial charge >= 0.3 is 6.18 Å². The molecule has 0 atom stereocenters. The number of benzene rings is 2. The minimum atomic E-state index is -4.43. The standard InChI is InChI=1S/C18H17F3N2O4S/c1-28(26,27)16-10-14(5-6-15(16)23(24)25)22-11-17(7-8-17)12-3-2-4-13(9-12)18(19,20)21/h2-6,9-10,22H,7-8,11H2,1H3. The second kappa shape index (κ2) is 6.77. The van der Waals surface area contributed by atoms with Gasteiger partial charge in [0.25, 0.3) is 5.69 Å². The molecular formula is C18H17F3N2O4S. The summed E-state index contributed by atoms with van der Waals surface area (Å²) in [4.78, 5) is 9.85. The fourth-order valence-electron chi connectivity index (χ4n) is 3.09. The first-order valence-corrected chi connectivity index (χ1v) is 10.2. The number of halogens is 3. The number of nitrogens with one attached hydrogen (secondary N) is 1. The van der Waals surface area contributed by atoms with Crippen molar-refractivity contribution in [2.24, 2.45) is 0 Å². The van der Waals surface area contributed by atoms with Crippen LogP contribution < -0.4 is 5.32 Å². The van der Waals surface area contributed by atoms with Crippen LogP contribution in [0.2, 0.25) is 0 Å². The first-order valence-electron chi connectivity index (χ1n) is 8.33. The van der Waals surface area contributed by atoms with Gasteiger partial charge in [0.2, 0.25) is 0 Å². The summed E-state index contributed by atoms with van der Waals surface area (Å²) in [6, 6.07) is 8.81. The summed E-state index contributed by atoms with van der Waals surface area (Å²) in [5.41, 5.74) is -0.809. The minimum Gasteiger partial charge on any atom is -0.384 e. The third kappa shape index (κ3) is 4.11. The lowest BCUT2D eigenvalue weighted by Crippen LogP contribution is -2.20. The molecule has 0 saturated heterocycles. The number of hydrogen-bond donors (Lipinski definition) is 1. The molecule has 1 fully saturated rings. The minimum absolute atomic E-state index is 0.287. The van der Waals surface area contributed by atoms with Crippen LogP contribution in [0, 0.1) is 10.1 Å². The van der Waals surface area contributed by atoms with Gasteiger partial charge in [-0.15, -0.1) is 0 Å². The highest BCUT2D eigenvalue weighted by Crippen LogP contribution is 2.49. The highest BCUT2D eigenvalue weighted by Gasteiger charge is 2.45. The molecule has 1 N–H and O–H groups in total. The largest absolute Gasteiger partial charge is 0.416 e. The van der Waals surface area contributed by atoms with E-state index in [9.17, 15) is 31.7 Å². The average molecular weight is 414 g/mol. The van der Waals surface area contributed by atoms with E-state index in [4.69, 9.17) is 0 Å². The lowest BCUT2D eigenvalue weighted by atomic mass is 9.94. The maximum Gasteiger partial charge on any atom is 0.416 e. The van der Waals surface area contributed by atoms with Crippen LogP contribution in [0.15, 0.2) is 47.4 Å². The van der Waals surface area contributed by atoms with E-state index >= 15 is 0 Å². The van der Waals surface area contributed by atoms with Crippen LogP contribution in [0.4, 0.5) is 24.5 Å². The molecule has 1 saturated carbocycles. The number of rotatable bonds is 6. The van der Waals surface area contributed by atoms with Crippen molar-refractivity contribution in [2.45, 2.75) is 29.3 Å². The summed E-state index contributed by atoms with van der Waals surface area (Å²) in [6.45, 7) is 0.287. The fraction of sp³-hybridized carbons (Fsp3) is 0.333. The fourth-order valence-corrected chi connectivity index (χ4v) is 3.95. The Morgan fingerprint density at radius 3 is 2.39 bits per heavy atom. The molecule has 0 bridgehead atoms. The predicted molar refractivity (Wildman–Crippen MR) is 97.1 cm³/mol. The zero-order chi connectivity index (χ0) is 20.7. The number of alkyl halides is 3. The smallest absolute Gasteiger partial charge is 0.384 e. The summed E-state index contributed by atoms with van der Waals surface area (Å²) < 4.78 is 62.6. The number of hydrogen-bond acceptors (Lipinski definition) is 5. The summed E-state index contributed by atoms with van der Waals surface area (Å²) >= 11 is 0. The van der Waals surface area contributed by atoms with Crippen molar-refractivity contribution in [2.75, 3.05) is 18.1 Å². The van der Waals surface area contributed by atoms with Gasteiger partial charge in [-0.1, -0.05) is 18.2 Å². The third-order valence-electron chi connectivity index (χ3n) is 4.84. The lowest BCUT2D eigenvalue weighted by Gasteiger charge is -2.19. The molecule has 2 aromatic carbocycles. The van der Waals surface area contributed by atoms with Crippen LogP contribution in [0.1, 0.15) is 24.0 Å². The van der Waals surface area contributed by atoms with Gasteiger partial charge in [-0.25, -0.2) is 8.42 Å². The maximum absolute atomic E-state index is 13.0. The second-order valence-electron chi connectivity index (χ2n) is 6.92. The van der Waals surface area contributed by atoms with E-state index in [1.54, 1.807) is 6.07 Å². The van der Waals surface area contributed by atoms with Crippen molar-refractivity contribution in [3.63, 3.8) is 0 Å². The summed E-state index contributed by atoms with van der Waals surface area (Å²) in [5.74, 6) is 0. The number of anilines is 1. The van der Waals surface area contributed by atoms with Crippen LogP contribution in [0.5, 0.6) is 0 Å². The van der Waals surface area contributed by atoms with Crippen molar-refractivity contribution < 1.29 is 26.5 Å². The Hall–Kier alpha value is -2.62. The van der Waals surface area contributed by atoms with Crippen LogP contribution in [-0.2, 0) is 21.4 Å². The molecule has 28 heavy (non-hydrogen) atoms. The molecule has 0 heterocycles. The zero-order valence-electron chi connectivity index (χ0n) is 14.8. The second-order valence-corrected chi connectivity index (χ2v) is 8.91. The Kier molecular flexibility index (Phi) is 4.86. The molecule has 6 nitrogen and oxygen atoms in total. The van der Waals surface area contributed by atoms with Crippen molar-refractivity contribution in [1.82, 2.24) is 0 Å². The normalized spacial score (nSPS) is 15.9. The molecule has 1 aliphatic rings. The Bertz CT molecular complexity index is 1030. The van der Waals surface area contributed by atoms with E-state index in [2.05, 4.69) is 5.32 Å². The van der Waals surface area contributed by atoms with Crippen molar-refractivity contribution in [1.29, 1.82) is 0 Å². The topological polar surface area (TPSA) is 89.3 Å². The summed E-state index contributed by atoms with van der Waals surface area (Å²) in [6.07, 6.45) is -2.17. The van der Waals surface area contributed by atoms with Gasteiger partial charge in [0.15, 0.2) is 9.84 Å². The van der Waals surface area contributed by atoms with Crippen LogP contribution in [-0.4, -0.2) is 26.1 Å². The molecule has 0 aromatic heterocycles.